The van der Waals surface area contributed by atoms with Gasteiger partial charge in [-0.05, 0) is 6.07 Å². The maximum absolute atomic E-state index is 11.5. The quantitative estimate of drug-likeness (QED) is 0.514. The van der Waals surface area contributed by atoms with E-state index in [9.17, 15) is 14.9 Å². The highest BCUT2D eigenvalue weighted by atomic mass is 35.5. The number of halogens is 2. The second-order valence-electron chi connectivity index (χ2n) is 2.90. The van der Waals surface area contributed by atoms with Gasteiger partial charge in [0.05, 0.1) is 4.92 Å². The van der Waals surface area contributed by atoms with Gasteiger partial charge in [-0.1, -0.05) is 11.6 Å². The highest BCUT2D eigenvalue weighted by molar-refractivity contribution is 6.31. The summed E-state index contributed by atoms with van der Waals surface area (Å²) in [6, 6.07) is 3.70. The van der Waals surface area contributed by atoms with Crippen LogP contribution in [0.25, 0.3) is 0 Å². The molecule has 1 N–H and O–H groups in total. The van der Waals surface area contributed by atoms with Crippen molar-refractivity contribution in [1.82, 2.24) is 5.32 Å². The molecule has 0 aliphatic rings. The number of carbonyl (C=O) groups is 1. The Morgan fingerprint density at radius 3 is 2.69 bits per heavy atom. The first-order chi connectivity index (χ1) is 7.54. The lowest BCUT2D eigenvalue weighted by atomic mass is 10.2. The van der Waals surface area contributed by atoms with Crippen LogP contribution < -0.4 is 5.32 Å². The smallest absolute Gasteiger partial charge is 0.271 e. The molecule has 0 bridgehead atoms. The number of hydrogen-bond acceptors (Lipinski definition) is 3. The van der Waals surface area contributed by atoms with Gasteiger partial charge in [-0.15, -0.1) is 11.6 Å². The summed E-state index contributed by atoms with van der Waals surface area (Å²) in [6.45, 7) is 0.292. The maximum atomic E-state index is 11.5. The van der Waals surface area contributed by atoms with E-state index in [2.05, 4.69) is 5.32 Å². The average molecular weight is 263 g/mol. The van der Waals surface area contributed by atoms with Crippen molar-refractivity contribution < 1.29 is 9.72 Å². The number of nitrogens with one attached hydrogen (secondary N) is 1. The zero-order valence-corrected chi connectivity index (χ0v) is 9.59. The fourth-order valence-corrected chi connectivity index (χ4v) is 1.40. The van der Waals surface area contributed by atoms with Crippen LogP contribution in [-0.4, -0.2) is 23.3 Å². The van der Waals surface area contributed by atoms with Crippen molar-refractivity contribution in [3.05, 3.63) is 38.9 Å². The number of non-ortho nitro benzene ring substituents is 1. The normalized spacial score (nSPS) is 9.88. The van der Waals surface area contributed by atoms with Crippen LogP contribution in [0.4, 0.5) is 5.69 Å². The molecule has 0 aromatic heterocycles. The van der Waals surface area contributed by atoms with Crippen molar-refractivity contribution in [3.8, 4) is 0 Å². The molecule has 86 valence electrons. The van der Waals surface area contributed by atoms with Gasteiger partial charge in [-0.2, -0.15) is 0 Å². The predicted molar refractivity (Wildman–Crippen MR) is 61.2 cm³/mol. The van der Waals surface area contributed by atoms with Gasteiger partial charge >= 0.3 is 0 Å². The highest BCUT2D eigenvalue weighted by Crippen LogP contribution is 2.20. The van der Waals surface area contributed by atoms with E-state index in [4.69, 9.17) is 23.2 Å². The van der Waals surface area contributed by atoms with Crippen LogP contribution in [0.3, 0.4) is 0 Å². The molecule has 0 unspecified atom stereocenters. The molecule has 0 fully saturated rings. The Bertz CT molecular complexity index is 423. The molecule has 1 amide bonds. The van der Waals surface area contributed by atoms with Crippen LogP contribution in [0.5, 0.6) is 0 Å². The van der Waals surface area contributed by atoms with Gasteiger partial charge < -0.3 is 5.32 Å². The molecule has 0 aliphatic heterocycles. The van der Waals surface area contributed by atoms with Crippen molar-refractivity contribution in [2.24, 2.45) is 0 Å². The Kier molecular flexibility index (Phi) is 4.52. The van der Waals surface area contributed by atoms with Crippen molar-refractivity contribution in [2.45, 2.75) is 0 Å². The number of nitro groups is 1. The van der Waals surface area contributed by atoms with E-state index in [1.165, 1.54) is 12.1 Å². The summed E-state index contributed by atoms with van der Waals surface area (Å²) in [5, 5.41) is 13.2. The fraction of sp³-hybridized carbons (Fsp3) is 0.222. The summed E-state index contributed by atoms with van der Waals surface area (Å²) in [5.74, 6) is -0.166. The standard InChI is InChI=1S/C9H8Cl2N2O3/c10-1-2-12-9(14)6-3-7(11)5-8(4-6)13(15)16/h3-5H,1-2H2,(H,12,14). The van der Waals surface area contributed by atoms with Gasteiger partial charge in [0, 0.05) is 35.1 Å². The van der Waals surface area contributed by atoms with Crippen molar-refractivity contribution in [2.75, 3.05) is 12.4 Å². The molecule has 0 saturated heterocycles. The van der Waals surface area contributed by atoms with E-state index >= 15 is 0 Å². The SMILES string of the molecule is O=C(NCCCl)c1cc(Cl)cc([N+](=O)[O-])c1. The number of hydrogen-bond donors (Lipinski definition) is 1. The van der Waals surface area contributed by atoms with Gasteiger partial charge in [0.25, 0.3) is 11.6 Å². The van der Waals surface area contributed by atoms with E-state index in [-0.39, 0.29) is 22.2 Å². The van der Waals surface area contributed by atoms with Crippen molar-refractivity contribution in [3.63, 3.8) is 0 Å². The van der Waals surface area contributed by atoms with Gasteiger partial charge in [0.15, 0.2) is 0 Å². The second kappa shape index (κ2) is 5.67. The lowest BCUT2D eigenvalue weighted by Gasteiger charge is -2.03. The van der Waals surface area contributed by atoms with Crippen LogP contribution in [0.15, 0.2) is 18.2 Å². The third-order valence-corrected chi connectivity index (χ3v) is 2.14. The minimum atomic E-state index is -0.607. The molecule has 1 aromatic rings. The Labute approximate surface area is 101 Å². The van der Waals surface area contributed by atoms with E-state index in [0.717, 1.165) is 6.07 Å². The minimum absolute atomic E-state index is 0.143. The Hall–Kier alpha value is -1.33. The molecular weight excluding hydrogens is 255 g/mol. The van der Waals surface area contributed by atoms with Crippen LogP contribution in [0.2, 0.25) is 5.02 Å². The number of rotatable bonds is 4. The predicted octanol–water partition coefficient (Wildman–Crippen LogP) is 2.22. The molecule has 1 aromatic carbocycles. The number of amides is 1. The minimum Gasteiger partial charge on any atom is -0.351 e. The number of carbonyl (C=O) groups excluding carboxylic acids is 1. The number of nitro benzene ring substituents is 1. The molecule has 0 saturated carbocycles. The first-order valence-corrected chi connectivity index (χ1v) is 5.25. The molecule has 0 atom stereocenters. The summed E-state index contributed by atoms with van der Waals surface area (Å²) in [7, 11) is 0. The molecule has 7 heteroatoms. The first kappa shape index (κ1) is 12.7. The molecule has 0 heterocycles. The van der Waals surface area contributed by atoms with E-state index in [1.807, 2.05) is 0 Å². The largest absolute Gasteiger partial charge is 0.351 e. The number of nitrogens with zero attached hydrogens (tertiary/aromatic N) is 1. The Balaban J connectivity index is 2.95. The third-order valence-electron chi connectivity index (χ3n) is 1.74. The summed E-state index contributed by atoms with van der Waals surface area (Å²) in [4.78, 5) is 21.4. The molecule has 16 heavy (non-hydrogen) atoms. The molecule has 5 nitrogen and oxygen atoms in total. The fourth-order valence-electron chi connectivity index (χ4n) is 1.07. The first-order valence-electron chi connectivity index (χ1n) is 4.33. The summed E-state index contributed by atoms with van der Waals surface area (Å²) in [6.07, 6.45) is 0. The van der Waals surface area contributed by atoms with E-state index in [1.54, 1.807) is 0 Å². The molecule has 0 spiro atoms. The Morgan fingerprint density at radius 1 is 1.44 bits per heavy atom. The molecular formula is C9H8Cl2N2O3. The van der Waals surface area contributed by atoms with Crippen molar-refractivity contribution in [1.29, 1.82) is 0 Å². The zero-order chi connectivity index (χ0) is 12.1. The van der Waals surface area contributed by atoms with Gasteiger partial charge in [-0.25, -0.2) is 0 Å². The van der Waals surface area contributed by atoms with Crippen LogP contribution in [0, 0.1) is 10.1 Å². The van der Waals surface area contributed by atoms with Gasteiger partial charge in [0.2, 0.25) is 0 Å². The average Bonchev–Trinajstić information content (AvgIpc) is 2.24. The number of alkyl halides is 1. The van der Waals surface area contributed by atoms with Crippen LogP contribution in [-0.2, 0) is 0 Å². The molecule has 0 aliphatic carbocycles. The maximum Gasteiger partial charge on any atom is 0.271 e. The summed E-state index contributed by atoms with van der Waals surface area (Å²) >= 11 is 11.1. The topological polar surface area (TPSA) is 72.2 Å². The van der Waals surface area contributed by atoms with Crippen LogP contribution >= 0.6 is 23.2 Å². The highest BCUT2D eigenvalue weighted by Gasteiger charge is 2.13. The third kappa shape index (κ3) is 3.36. The van der Waals surface area contributed by atoms with Gasteiger partial charge in [0.1, 0.15) is 0 Å². The molecule has 0 radical (unpaired) electrons. The van der Waals surface area contributed by atoms with Crippen LogP contribution in [0.1, 0.15) is 10.4 Å². The lowest BCUT2D eigenvalue weighted by molar-refractivity contribution is -0.384. The summed E-state index contributed by atoms with van der Waals surface area (Å²) < 4.78 is 0. The monoisotopic (exact) mass is 262 g/mol. The van der Waals surface area contributed by atoms with Crippen molar-refractivity contribution >= 4 is 34.8 Å². The number of benzene rings is 1. The zero-order valence-electron chi connectivity index (χ0n) is 8.07. The lowest BCUT2D eigenvalue weighted by Crippen LogP contribution is -2.25. The molecule has 1 rings (SSSR count). The second-order valence-corrected chi connectivity index (χ2v) is 3.71. The van der Waals surface area contributed by atoms with E-state index in [0.29, 0.717) is 6.54 Å². The van der Waals surface area contributed by atoms with Gasteiger partial charge in [-0.3, -0.25) is 14.9 Å². The Morgan fingerprint density at radius 2 is 2.12 bits per heavy atom. The van der Waals surface area contributed by atoms with E-state index < -0.39 is 10.8 Å². The summed E-state index contributed by atoms with van der Waals surface area (Å²) in [5.41, 5.74) is -0.0761.